The molecule has 10 heteroatoms. The summed E-state index contributed by atoms with van der Waals surface area (Å²) in [6.45, 7) is 11.4. The third-order valence-electron chi connectivity index (χ3n) is 6.85. The largest absolute Gasteiger partial charge is 0.492 e. The summed E-state index contributed by atoms with van der Waals surface area (Å²) in [5, 5.41) is 3.98. The Morgan fingerprint density at radius 1 is 1.16 bits per heavy atom. The van der Waals surface area contributed by atoms with Crippen molar-refractivity contribution in [3.05, 3.63) is 47.5 Å². The van der Waals surface area contributed by atoms with Gasteiger partial charge in [0.15, 0.2) is 0 Å². The molecule has 2 fully saturated rings. The number of nitrogens with one attached hydrogen (secondary N) is 1. The van der Waals surface area contributed by atoms with Gasteiger partial charge in [-0.3, -0.25) is 9.80 Å². The highest BCUT2D eigenvalue weighted by Crippen LogP contribution is 2.37. The Labute approximate surface area is 221 Å². The molecule has 2 aromatic carbocycles. The number of anilines is 2. The molecule has 0 saturated carbocycles. The van der Waals surface area contributed by atoms with Gasteiger partial charge in [0, 0.05) is 63.0 Å². The van der Waals surface area contributed by atoms with Crippen LogP contribution in [0.25, 0.3) is 10.9 Å². The van der Waals surface area contributed by atoms with Gasteiger partial charge < -0.3 is 19.5 Å². The second-order valence-electron chi connectivity index (χ2n) is 9.71. The van der Waals surface area contributed by atoms with E-state index in [1.54, 1.807) is 6.07 Å². The van der Waals surface area contributed by atoms with Crippen molar-refractivity contribution in [1.82, 2.24) is 19.8 Å². The normalized spacial score (nSPS) is 19.0. The summed E-state index contributed by atoms with van der Waals surface area (Å²) in [6, 6.07) is 8.82. The summed E-state index contributed by atoms with van der Waals surface area (Å²) in [6.07, 6.45) is 2.22. The molecule has 5 rings (SSSR count). The predicted octanol–water partition coefficient (Wildman–Crippen LogP) is 4.74. The van der Waals surface area contributed by atoms with Crippen molar-refractivity contribution in [3.63, 3.8) is 0 Å². The van der Waals surface area contributed by atoms with Crippen LogP contribution in [0.15, 0.2) is 36.7 Å². The molecule has 2 aliphatic heterocycles. The van der Waals surface area contributed by atoms with E-state index in [0.717, 1.165) is 39.1 Å². The van der Waals surface area contributed by atoms with Crippen molar-refractivity contribution < 1.29 is 18.6 Å². The highest BCUT2D eigenvalue weighted by Gasteiger charge is 2.22. The number of fused-ring (bicyclic) bond motifs is 1. The van der Waals surface area contributed by atoms with Crippen molar-refractivity contribution in [2.45, 2.75) is 32.4 Å². The molecule has 2 aliphatic rings. The Morgan fingerprint density at radius 3 is 2.73 bits per heavy atom. The number of hydrogen-bond donors (Lipinski definition) is 1. The summed E-state index contributed by atoms with van der Waals surface area (Å²) in [7, 11) is 0. The zero-order valence-corrected chi connectivity index (χ0v) is 22.0. The van der Waals surface area contributed by atoms with Crippen LogP contribution in [0.3, 0.4) is 0 Å². The molecule has 3 aromatic rings. The highest BCUT2D eigenvalue weighted by molar-refractivity contribution is 6.31. The quantitative estimate of drug-likeness (QED) is 0.426. The second-order valence-corrected chi connectivity index (χ2v) is 10.1. The van der Waals surface area contributed by atoms with Crippen molar-refractivity contribution in [3.8, 4) is 11.5 Å². The van der Waals surface area contributed by atoms with E-state index in [1.165, 1.54) is 18.5 Å². The minimum atomic E-state index is -0.478. The Kier molecular flexibility index (Phi) is 8.24. The summed E-state index contributed by atoms with van der Waals surface area (Å²) in [5.41, 5.74) is 1.29. The Morgan fingerprint density at radius 2 is 2.00 bits per heavy atom. The number of aromatic nitrogens is 2. The summed E-state index contributed by atoms with van der Waals surface area (Å²) < 4.78 is 31.7. The third kappa shape index (κ3) is 6.41. The average Bonchev–Trinajstić information content (AvgIpc) is 3.40. The van der Waals surface area contributed by atoms with E-state index in [0.29, 0.717) is 59.8 Å². The number of benzene rings is 2. The van der Waals surface area contributed by atoms with Crippen LogP contribution in [0.2, 0.25) is 5.02 Å². The van der Waals surface area contributed by atoms with Crippen LogP contribution in [0, 0.1) is 5.82 Å². The molecule has 8 nitrogen and oxygen atoms in total. The molecule has 0 amide bonds. The van der Waals surface area contributed by atoms with Crippen molar-refractivity contribution >= 4 is 34.0 Å². The molecule has 198 valence electrons. The van der Waals surface area contributed by atoms with Gasteiger partial charge in [-0.25, -0.2) is 14.4 Å². The summed E-state index contributed by atoms with van der Waals surface area (Å²) >= 11 is 5.98. The van der Waals surface area contributed by atoms with Gasteiger partial charge in [0.2, 0.25) is 0 Å². The molecule has 0 radical (unpaired) electrons. The van der Waals surface area contributed by atoms with E-state index in [1.807, 2.05) is 12.1 Å². The summed E-state index contributed by atoms with van der Waals surface area (Å²) in [5.74, 6) is 1.37. The number of ether oxygens (including phenoxy) is 3. The van der Waals surface area contributed by atoms with E-state index in [4.69, 9.17) is 25.8 Å². The Balaban J connectivity index is 1.35. The van der Waals surface area contributed by atoms with Crippen LogP contribution < -0.4 is 14.8 Å². The smallest absolute Gasteiger partial charge is 0.145 e. The lowest BCUT2D eigenvalue weighted by molar-refractivity contribution is 0.0970. The first kappa shape index (κ1) is 25.9. The van der Waals surface area contributed by atoms with Crippen LogP contribution >= 0.6 is 11.6 Å². The molecule has 37 heavy (non-hydrogen) atoms. The molecule has 3 heterocycles. The Bertz CT molecular complexity index is 1220. The van der Waals surface area contributed by atoms with Crippen molar-refractivity contribution in [1.29, 1.82) is 0 Å². The van der Waals surface area contributed by atoms with E-state index in [9.17, 15) is 4.39 Å². The number of halogens is 2. The monoisotopic (exact) mass is 529 g/mol. The standard InChI is InChI=1S/C27H33ClFN5O3/c1-18(2)34-8-6-33(7-9-34)10-12-36-21-14-24-26(25(15-21)37-20-5-11-35-16-20)27(31-17-30-24)32-19-3-4-23(29)22(28)13-19/h3-4,13-15,17-18,20H,5-12,16H2,1-2H3,(H,30,31,32). The molecule has 2 saturated heterocycles. The topological polar surface area (TPSA) is 72.0 Å². The molecule has 0 bridgehead atoms. The zero-order valence-electron chi connectivity index (χ0n) is 21.3. The molecule has 1 unspecified atom stereocenters. The first-order valence-corrected chi connectivity index (χ1v) is 13.2. The summed E-state index contributed by atoms with van der Waals surface area (Å²) in [4.78, 5) is 13.9. The minimum Gasteiger partial charge on any atom is -0.492 e. The van der Waals surface area contributed by atoms with Crippen LogP contribution in [0.1, 0.15) is 20.3 Å². The molecule has 0 spiro atoms. The van der Waals surface area contributed by atoms with E-state index < -0.39 is 5.82 Å². The maximum Gasteiger partial charge on any atom is 0.145 e. The van der Waals surface area contributed by atoms with Crippen molar-refractivity contribution in [2.75, 3.05) is 57.9 Å². The molecule has 1 atom stereocenters. The predicted molar refractivity (Wildman–Crippen MR) is 143 cm³/mol. The van der Waals surface area contributed by atoms with Gasteiger partial charge in [-0.05, 0) is 32.0 Å². The van der Waals surface area contributed by atoms with Crippen LogP contribution in [-0.2, 0) is 4.74 Å². The van der Waals surface area contributed by atoms with Crippen LogP contribution in [0.4, 0.5) is 15.9 Å². The number of nitrogens with zero attached hydrogens (tertiary/aromatic N) is 4. The fourth-order valence-corrected chi connectivity index (χ4v) is 4.87. The number of piperazine rings is 1. The second kappa shape index (κ2) is 11.8. The van der Waals surface area contributed by atoms with Gasteiger partial charge in [-0.2, -0.15) is 0 Å². The highest BCUT2D eigenvalue weighted by atomic mass is 35.5. The first-order valence-electron chi connectivity index (χ1n) is 12.8. The van der Waals surface area contributed by atoms with Gasteiger partial charge >= 0.3 is 0 Å². The lowest BCUT2D eigenvalue weighted by Gasteiger charge is -2.36. The lowest BCUT2D eigenvalue weighted by Crippen LogP contribution is -2.49. The molecule has 1 aromatic heterocycles. The minimum absolute atomic E-state index is 0.0317. The van der Waals surface area contributed by atoms with Gasteiger partial charge in [0.1, 0.15) is 42.2 Å². The Hall–Kier alpha value is -2.72. The van der Waals surface area contributed by atoms with Gasteiger partial charge in [-0.15, -0.1) is 0 Å². The maximum absolute atomic E-state index is 13.7. The van der Waals surface area contributed by atoms with Crippen molar-refractivity contribution in [2.24, 2.45) is 0 Å². The van der Waals surface area contributed by atoms with Gasteiger partial charge in [0.25, 0.3) is 0 Å². The van der Waals surface area contributed by atoms with E-state index in [-0.39, 0.29) is 11.1 Å². The third-order valence-corrected chi connectivity index (χ3v) is 7.14. The van der Waals surface area contributed by atoms with Gasteiger partial charge in [-0.1, -0.05) is 11.6 Å². The average molecular weight is 530 g/mol. The molecule has 0 aliphatic carbocycles. The number of rotatable bonds is 9. The van der Waals surface area contributed by atoms with E-state index in [2.05, 4.69) is 38.9 Å². The fraction of sp³-hybridized carbons (Fsp3) is 0.481. The zero-order chi connectivity index (χ0) is 25.8. The first-order chi connectivity index (χ1) is 18.0. The fourth-order valence-electron chi connectivity index (χ4n) is 4.69. The van der Waals surface area contributed by atoms with Crippen LogP contribution in [0.5, 0.6) is 11.5 Å². The van der Waals surface area contributed by atoms with Crippen LogP contribution in [-0.4, -0.2) is 84.5 Å². The number of hydrogen-bond acceptors (Lipinski definition) is 8. The molecular weight excluding hydrogens is 497 g/mol. The molecule has 1 N–H and O–H groups in total. The SMILES string of the molecule is CC(C)N1CCN(CCOc2cc(OC3CCOC3)c3c(Nc4ccc(F)c(Cl)c4)ncnc3c2)CC1. The molecular formula is C27H33ClFN5O3. The van der Waals surface area contributed by atoms with E-state index >= 15 is 0 Å². The lowest BCUT2D eigenvalue weighted by atomic mass is 10.2. The van der Waals surface area contributed by atoms with Gasteiger partial charge in [0.05, 0.1) is 29.1 Å². The maximum atomic E-state index is 13.7.